The Morgan fingerprint density at radius 3 is 2.58 bits per heavy atom. The molecule has 3 N–H and O–H groups in total. The van der Waals surface area contributed by atoms with Crippen molar-refractivity contribution in [3.8, 4) is 0 Å². The van der Waals surface area contributed by atoms with E-state index in [1.54, 1.807) is 7.05 Å². The van der Waals surface area contributed by atoms with Crippen LogP contribution in [0.15, 0.2) is 41.0 Å². The van der Waals surface area contributed by atoms with Crippen molar-refractivity contribution in [2.75, 3.05) is 20.1 Å². The second kappa shape index (κ2) is 10.9. The Kier molecular flexibility index (Phi) is 8.14. The molecule has 0 fully saturated rings. The molecule has 1 aromatic carbocycles. The number of rotatable bonds is 10. The Bertz CT molecular complexity index is 688. The monoisotopic (exact) mass is 360 g/mol. The summed E-state index contributed by atoms with van der Waals surface area (Å²) in [6.07, 6.45) is 2.35. The fourth-order valence-corrected chi connectivity index (χ4v) is 2.15. The van der Waals surface area contributed by atoms with Crippen molar-refractivity contribution in [3.05, 3.63) is 53.7 Å². The van der Waals surface area contributed by atoms with Gasteiger partial charge >= 0.3 is 6.09 Å². The summed E-state index contributed by atoms with van der Waals surface area (Å²) >= 11 is 0. The quantitative estimate of drug-likeness (QED) is 0.558. The number of amides is 2. The summed E-state index contributed by atoms with van der Waals surface area (Å²) in [6, 6.07) is 9.49. The van der Waals surface area contributed by atoms with Crippen LogP contribution in [0.5, 0.6) is 0 Å². The number of nitrogens with one attached hydrogen (secondary N) is 3. The first kappa shape index (κ1) is 19.5. The summed E-state index contributed by atoms with van der Waals surface area (Å²) in [5.74, 6) is 0.196. The summed E-state index contributed by atoms with van der Waals surface area (Å²) in [6.45, 7) is 1.70. The lowest BCUT2D eigenvalue weighted by Crippen LogP contribution is -2.27. The Balaban J connectivity index is 1.52. The van der Waals surface area contributed by atoms with Crippen molar-refractivity contribution in [1.82, 2.24) is 20.9 Å². The van der Waals surface area contributed by atoms with Gasteiger partial charge < -0.3 is 25.1 Å². The van der Waals surface area contributed by atoms with Crippen LogP contribution < -0.4 is 16.0 Å². The van der Waals surface area contributed by atoms with E-state index in [0.717, 1.165) is 18.4 Å². The van der Waals surface area contributed by atoms with Crippen LogP contribution in [-0.2, 0) is 17.9 Å². The minimum Gasteiger partial charge on any atom is -0.447 e. The molecule has 0 radical (unpaired) electrons. The van der Waals surface area contributed by atoms with Gasteiger partial charge in [0.2, 0.25) is 5.89 Å². The molecule has 8 heteroatoms. The second-order valence-electron chi connectivity index (χ2n) is 5.61. The van der Waals surface area contributed by atoms with Gasteiger partial charge in [0.15, 0.2) is 5.69 Å². The van der Waals surface area contributed by atoms with Crippen LogP contribution >= 0.6 is 0 Å². The van der Waals surface area contributed by atoms with Gasteiger partial charge in [0.1, 0.15) is 12.9 Å². The van der Waals surface area contributed by atoms with Gasteiger partial charge in [-0.2, -0.15) is 0 Å². The Morgan fingerprint density at radius 2 is 1.85 bits per heavy atom. The minimum atomic E-state index is -0.447. The average molecular weight is 360 g/mol. The summed E-state index contributed by atoms with van der Waals surface area (Å²) in [7, 11) is 1.77. The first-order valence-corrected chi connectivity index (χ1v) is 8.51. The molecule has 0 saturated heterocycles. The van der Waals surface area contributed by atoms with Crippen LogP contribution in [0.4, 0.5) is 4.79 Å². The first-order chi connectivity index (χ1) is 12.7. The van der Waals surface area contributed by atoms with Gasteiger partial charge in [-0.3, -0.25) is 4.79 Å². The second-order valence-corrected chi connectivity index (χ2v) is 5.61. The number of hydrogen-bond acceptors (Lipinski definition) is 6. The normalized spacial score (nSPS) is 10.3. The number of carbonyl (C=O) groups is 2. The number of unbranched alkanes of at least 4 members (excludes halogenated alkanes) is 1. The maximum atomic E-state index is 11.9. The summed E-state index contributed by atoms with van der Waals surface area (Å²) in [5, 5.41) is 8.34. The van der Waals surface area contributed by atoms with Gasteiger partial charge in [0.25, 0.3) is 5.91 Å². The van der Waals surface area contributed by atoms with Crippen LogP contribution in [0.3, 0.4) is 0 Å². The average Bonchev–Trinajstić information content (AvgIpc) is 3.12. The predicted octanol–water partition coefficient (Wildman–Crippen LogP) is 1.83. The van der Waals surface area contributed by atoms with Crippen molar-refractivity contribution in [3.63, 3.8) is 0 Å². The minimum absolute atomic E-state index is 0.246. The maximum Gasteiger partial charge on any atom is 0.407 e. The molecule has 2 amide bonds. The van der Waals surface area contributed by atoms with Crippen molar-refractivity contribution in [1.29, 1.82) is 0 Å². The van der Waals surface area contributed by atoms with Gasteiger partial charge in [0.05, 0.1) is 6.54 Å². The molecule has 26 heavy (non-hydrogen) atoms. The lowest BCUT2D eigenvalue weighted by molar-refractivity contribution is 0.0947. The zero-order valence-corrected chi connectivity index (χ0v) is 14.8. The predicted molar refractivity (Wildman–Crippen MR) is 95.5 cm³/mol. The fourth-order valence-electron chi connectivity index (χ4n) is 2.15. The molecule has 0 bridgehead atoms. The fraction of sp³-hybridized carbons (Fsp3) is 0.389. The molecular formula is C18H24N4O4. The van der Waals surface area contributed by atoms with Crippen molar-refractivity contribution in [2.24, 2.45) is 0 Å². The van der Waals surface area contributed by atoms with E-state index in [0.29, 0.717) is 25.5 Å². The number of aromatic nitrogens is 1. The van der Waals surface area contributed by atoms with E-state index in [2.05, 4.69) is 20.9 Å². The van der Waals surface area contributed by atoms with Crippen LogP contribution in [0.2, 0.25) is 0 Å². The third-order valence-corrected chi connectivity index (χ3v) is 3.48. The van der Waals surface area contributed by atoms with Crippen LogP contribution in [-0.4, -0.2) is 37.1 Å². The summed E-state index contributed by atoms with van der Waals surface area (Å²) in [5.41, 5.74) is 1.20. The molecule has 0 aliphatic rings. The number of oxazole rings is 1. The third-order valence-electron chi connectivity index (χ3n) is 3.48. The van der Waals surface area contributed by atoms with Gasteiger partial charge in [-0.15, -0.1) is 0 Å². The van der Waals surface area contributed by atoms with Gasteiger partial charge in [0, 0.05) is 13.1 Å². The number of hydrogen-bond donors (Lipinski definition) is 3. The van der Waals surface area contributed by atoms with Crippen LogP contribution in [0, 0.1) is 0 Å². The molecule has 8 nitrogen and oxygen atoms in total. The third kappa shape index (κ3) is 6.94. The van der Waals surface area contributed by atoms with Crippen LogP contribution in [0.1, 0.15) is 34.8 Å². The Hall–Kier alpha value is -2.87. The standard InChI is InChI=1S/C18H24N4O4/c1-19-11-16-22-15(13-25-16)17(23)20-9-5-6-10-21-18(24)26-12-14-7-3-2-4-8-14/h2-4,7-8,13,19H,5-6,9-12H2,1H3,(H,20,23)(H,21,24). The van der Waals surface area contributed by atoms with Gasteiger partial charge in [-0.1, -0.05) is 30.3 Å². The lowest BCUT2D eigenvalue weighted by Gasteiger charge is -2.07. The molecule has 0 aliphatic heterocycles. The zero-order chi connectivity index (χ0) is 18.6. The molecule has 1 heterocycles. The van der Waals surface area contributed by atoms with E-state index in [1.807, 2.05) is 30.3 Å². The van der Waals surface area contributed by atoms with Crippen molar-refractivity contribution in [2.45, 2.75) is 26.0 Å². The molecular weight excluding hydrogens is 336 g/mol. The molecule has 0 saturated carbocycles. The van der Waals surface area contributed by atoms with Gasteiger partial charge in [-0.25, -0.2) is 9.78 Å². The highest BCUT2D eigenvalue weighted by molar-refractivity contribution is 5.91. The lowest BCUT2D eigenvalue weighted by atomic mass is 10.2. The molecule has 0 unspecified atom stereocenters. The molecule has 0 spiro atoms. The van der Waals surface area contributed by atoms with E-state index in [-0.39, 0.29) is 18.2 Å². The van der Waals surface area contributed by atoms with E-state index in [1.165, 1.54) is 6.26 Å². The van der Waals surface area contributed by atoms with E-state index < -0.39 is 6.09 Å². The highest BCUT2D eigenvalue weighted by atomic mass is 16.5. The van der Waals surface area contributed by atoms with Crippen molar-refractivity contribution >= 4 is 12.0 Å². The number of ether oxygens (including phenoxy) is 1. The van der Waals surface area contributed by atoms with Gasteiger partial charge in [-0.05, 0) is 25.5 Å². The summed E-state index contributed by atoms with van der Waals surface area (Å²) in [4.78, 5) is 27.5. The number of alkyl carbamates (subject to hydrolysis) is 1. The molecule has 1 aromatic heterocycles. The molecule has 0 aliphatic carbocycles. The SMILES string of the molecule is CNCc1nc(C(=O)NCCCCNC(=O)OCc2ccccc2)co1. The Labute approximate surface area is 152 Å². The molecule has 2 rings (SSSR count). The molecule has 0 atom stereocenters. The highest BCUT2D eigenvalue weighted by Crippen LogP contribution is 2.02. The largest absolute Gasteiger partial charge is 0.447 e. The van der Waals surface area contributed by atoms with E-state index >= 15 is 0 Å². The van der Waals surface area contributed by atoms with E-state index in [9.17, 15) is 9.59 Å². The summed E-state index contributed by atoms with van der Waals surface area (Å²) < 4.78 is 10.3. The first-order valence-electron chi connectivity index (χ1n) is 8.51. The highest BCUT2D eigenvalue weighted by Gasteiger charge is 2.11. The van der Waals surface area contributed by atoms with E-state index in [4.69, 9.17) is 9.15 Å². The number of nitrogens with zero attached hydrogens (tertiary/aromatic N) is 1. The number of carbonyl (C=O) groups excluding carboxylic acids is 2. The van der Waals surface area contributed by atoms with Crippen LogP contribution in [0.25, 0.3) is 0 Å². The smallest absolute Gasteiger partial charge is 0.407 e. The molecule has 140 valence electrons. The Morgan fingerprint density at radius 1 is 1.12 bits per heavy atom. The topological polar surface area (TPSA) is 105 Å². The zero-order valence-electron chi connectivity index (χ0n) is 14.8. The number of benzene rings is 1. The van der Waals surface area contributed by atoms with Crippen molar-refractivity contribution < 1.29 is 18.7 Å². The maximum absolute atomic E-state index is 11.9. The molecule has 2 aromatic rings.